The Labute approximate surface area is 130 Å². The van der Waals surface area contributed by atoms with Gasteiger partial charge in [0.15, 0.2) is 6.39 Å². The van der Waals surface area contributed by atoms with Gasteiger partial charge in [0.2, 0.25) is 0 Å². The van der Waals surface area contributed by atoms with Crippen molar-refractivity contribution < 1.29 is 13.9 Å². The Balaban J connectivity index is 1.55. The van der Waals surface area contributed by atoms with Crippen LogP contribution >= 0.6 is 0 Å². The standard InChI is InChI=1S/C15H24N4O3/c1-17(15(20)19-5-7-21-8-6-19)14-3-2-4-18(10-14)9-13-11-22-12-16-13/h11-12,14H,2-10H2,1H3. The van der Waals surface area contributed by atoms with Gasteiger partial charge >= 0.3 is 6.03 Å². The Hall–Kier alpha value is -1.60. The van der Waals surface area contributed by atoms with Crippen molar-refractivity contribution in [2.75, 3.05) is 46.4 Å². The van der Waals surface area contributed by atoms with Gasteiger partial charge in [0.05, 0.1) is 18.9 Å². The fourth-order valence-electron chi connectivity index (χ4n) is 3.17. The number of amides is 2. The predicted octanol–water partition coefficient (Wildman–Crippen LogP) is 1.02. The molecule has 3 heterocycles. The van der Waals surface area contributed by atoms with Crippen molar-refractivity contribution in [3.63, 3.8) is 0 Å². The molecule has 2 saturated heterocycles. The van der Waals surface area contributed by atoms with E-state index >= 15 is 0 Å². The van der Waals surface area contributed by atoms with Crippen LogP contribution in [0.15, 0.2) is 17.1 Å². The highest BCUT2D eigenvalue weighted by atomic mass is 16.5. The van der Waals surface area contributed by atoms with Crippen LogP contribution in [0.5, 0.6) is 0 Å². The van der Waals surface area contributed by atoms with Crippen LogP contribution in [0.3, 0.4) is 0 Å². The third-order valence-electron chi connectivity index (χ3n) is 4.48. The van der Waals surface area contributed by atoms with Crippen molar-refractivity contribution in [1.29, 1.82) is 0 Å². The lowest BCUT2D eigenvalue weighted by atomic mass is 10.0. The Bertz CT molecular complexity index is 473. The maximum atomic E-state index is 12.6. The monoisotopic (exact) mass is 308 g/mol. The van der Waals surface area contributed by atoms with Gasteiger partial charge in [0, 0.05) is 39.3 Å². The van der Waals surface area contributed by atoms with Gasteiger partial charge in [0.1, 0.15) is 6.26 Å². The molecular formula is C15H24N4O3. The summed E-state index contributed by atoms with van der Waals surface area (Å²) >= 11 is 0. The quantitative estimate of drug-likeness (QED) is 0.834. The number of likely N-dealkylation sites (N-methyl/N-ethyl adjacent to an activating group) is 1. The average molecular weight is 308 g/mol. The zero-order valence-corrected chi connectivity index (χ0v) is 13.1. The Kier molecular flexibility index (Phi) is 4.94. The van der Waals surface area contributed by atoms with Crippen LogP contribution in [-0.2, 0) is 11.3 Å². The Morgan fingerprint density at radius 2 is 2.23 bits per heavy atom. The lowest BCUT2D eigenvalue weighted by molar-refractivity contribution is 0.0365. The van der Waals surface area contributed by atoms with Crippen LogP contribution in [0.1, 0.15) is 18.5 Å². The highest BCUT2D eigenvalue weighted by Crippen LogP contribution is 2.18. The minimum absolute atomic E-state index is 0.122. The molecule has 2 aliphatic heterocycles. The van der Waals surface area contributed by atoms with Gasteiger partial charge in [-0.3, -0.25) is 4.90 Å². The first-order valence-corrected chi connectivity index (χ1v) is 7.93. The molecule has 1 aromatic heterocycles. The van der Waals surface area contributed by atoms with E-state index in [-0.39, 0.29) is 12.1 Å². The molecule has 122 valence electrons. The van der Waals surface area contributed by atoms with Crippen LogP contribution in [0.25, 0.3) is 0 Å². The molecule has 0 saturated carbocycles. The number of oxazole rings is 1. The highest BCUT2D eigenvalue weighted by Gasteiger charge is 2.29. The zero-order valence-electron chi connectivity index (χ0n) is 13.1. The lowest BCUT2D eigenvalue weighted by Crippen LogP contribution is -2.54. The van der Waals surface area contributed by atoms with Crippen molar-refractivity contribution in [3.05, 3.63) is 18.4 Å². The summed E-state index contributed by atoms with van der Waals surface area (Å²) in [6.45, 7) is 5.39. The normalized spacial score (nSPS) is 23.5. The first kappa shape index (κ1) is 15.3. The number of carbonyl (C=O) groups excluding carboxylic acids is 1. The van der Waals surface area contributed by atoms with Gasteiger partial charge in [-0.1, -0.05) is 0 Å². The van der Waals surface area contributed by atoms with E-state index in [1.165, 1.54) is 6.39 Å². The molecule has 7 heteroatoms. The topological polar surface area (TPSA) is 62.1 Å². The molecule has 3 rings (SSSR count). The van der Waals surface area contributed by atoms with Crippen LogP contribution in [0.4, 0.5) is 4.79 Å². The van der Waals surface area contributed by atoms with Crippen molar-refractivity contribution >= 4 is 6.03 Å². The zero-order chi connectivity index (χ0) is 15.4. The second kappa shape index (κ2) is 7.11. The van der Waals surface area contributed by atoms with E-state index in [4.69, 9.17) is 9.15 Å². The van der Waals surface area contributed by atoms with E-state index in [9.17, 15) is 4.79 Å². The molecule has 0 aliphatic carbocycles. The van der Waals surface area contributed by atoms with Crippen molar-refractivity contribution in [3.8, 4) is 0 Å². The second-order valence-electron chi connectivity index (χ2n) is 6.00. The number of urea groups is 1. The number of nitrogens with zero attached hydrogens (tertiary/aromatic N) is 4. The van der Waals surface area contributed by atoms with Crippen molar-refractivity contribution in [2.24, 2.45) is 0 Å². The molecule has 0 spiro atoms. The van der Waals surface area contributed by atoms with E-state index in [0.29, 0.717) is 26.3 Å². The van der Waals surface area contributed by atoms with E-state index in [1.807, 2.05) is 16.8 Å². The number of morpholine rings is 1. The van der Waals surface area contributed by atoms with E-state index in [2.05, 4.69) is 9.88 Å². The summed E-state index contributed by atoms with van der Waals surface area (Å²) in [7, 11) is 1.92. The second-order valence-corrected chi connectivity index (χ2v) is 6.00. The number of rotatable bonds is 3. The van der Waals surface area contributed by atoms with Crippen LogP contribution < -0.4 is 0 Å². The van der Waals surface area contributed by atoms with Crippen molar-refractivity contribution in [2.45, 2.75) is 25.4 Å². The largest absolute Gasteiger partial charge is 0.451 e. The number of aromatic nitrogens is 1. The number of carbonyl (C=O) groups is 1. The Morgan fingerprint density at radius 3 is 2.95 bits per heavy atom. The van der Waals surface area contributed by atoms with Crippen LogP contribution in [0, 0.1) is 0 Å². The molecule has 7 nitrogen and oxygen atoms in total. The first-order valence-electron chi connectivity index (χ1n) is 7.93. The molecule has 1 atom stereocenters. The third kappa shape index (κ3) is 3.59. The third-order valence-corrected chi connectivity index (χ3v) is 4.48. The summed E-state index contributed by atoms with van der Waals surface area (Å²) in [5, 5.41) is 0. The minimum Gasteiger partial charge on any atom is -0.451 e. The van der Waals surface area contributed by atoms with Gasteiger partial charge in [-0.15, -0.1) is 0 Å². The summed E-state index contributed by atoms with van der Waals surface area (Å²) in [6, 6.07) is 0.382. The molecule has 0 aromatic carbocycles. The summed E-state index contributed by atoms with van der Waals surface area (Å²) < 4.78 is 10.3. The molecule has 1 unspecified atom stereocenters. The molecule has 0 bridgehead atoms. The maximum Gasteiger partial charge on any atom is 0.320 e. The van der Waals surface area contributed by atoms with Gasteiger partial charge in [-0.05, 0) is 19.4 Å². The summed E-state index contributed by atoms with van der Waals surface area (Å²) in [4.78, 5) is 22.9. The molecule has 2 amide bonds. The lowest BCUT2D eigenvalue weighted by Gasteiger charge is -2.40. The number of ether oxygens (including phenoxy) is 1. The number of piperidine rings is 1. The smallest absolute Gasteiger partial charge is 0.320 e. The predicted molar refractivity (Wildman–Crippen MR) is 80.4 cm³/mol. The van der Waals surface area contributed by atoms with Crippen molar-refractivity contribution in [1.82, 2.24) is 19.7 Å². The Morgan fingerprint density at radius 1 is 1.41 bits per heavy atom. The maximum absolute atomic E-state index is 12.6. The van der Waals surface area contributed by atoms with E-state index < -0.39 is 0 Å². The van der Waals surface area contributed by atoms with Crippen LogP contribution in [0.2, 0.25) is 0 Å². The SMILES string of the molecule is CN(C(=O)N1CCOCC1)C1CCCN(Cc2cocn2)C1. The number of likely N-dealkylation sites (tertiary alicyclic amines) is 1. The minimum atomic E-state index is 0.122. The summed E-state index contributed by atoms with van der Waals surface area (Å²) in [5.74, 6) is 0. The number of hydrogen-bond donors (Lipinski definition) is 0. The molecular weight excluding hydrogens is 284 g/mol. The fraction of sp³-hybridized carbons (Fsp3) is 0.733. The average Bonchev–Trinajstić information content (AvgIpc) is 3.07. The molecule has 22 heavy (non-hydrogen) atoms. The van der Waals surface area contributed by atoms with E-state index in [1.54, 1.807) is 6.26 Å². The van der Waals surface area contributed by atoms with Gasteiger partial charge in [0.25, 0.3) is 0 Å². The number of hydrogen-bond acceptors (Lipinski definition) is 5. The first-order chi connectivity index (χ1) is 10.7. The van der Waals surface area contributed by atoms with Gasteiger partial charge < -0.3 is 19.0 Å². The van der Waals surface area contributed by atoms with Gasteiger partial charge in [-0.2, -0.15) is 0 Å². The molecule has 1 aromatic rings. The van der Waals surface area contributed by atoms with Gasteiger partial charge in [-0.25, -0.2) is 9.78 Å². The molecule has 2 aliphatic rings. The summed E-state index contributed by atoms with van der Waals surface area (Å²) in [5.41, 5.74) is 0.947. The van der Waals surface area contributed by atoms with E-state index in [0.717, 1.165) is 38.2 Å². The molecule has 0 radical (unpaired) electrons. The molecule has 0 N–H and O–H groups in total. The van der Waals surface area contributed by atoms with Crippen LogP contribution in [-0.4, -0.2) is 78.2 Å². The summed E-state index contributed by atoms with van der Waals surface area (Å²) in [6.07, 6.45) is 5.31. The fourth-order valence-corrected chi connectivity index (χ4v) is 3.17. The molecule has 2 fully saturated rings. The highest BCUT2D eigenvalue weighted by molar-refractivity contribution is 5.74.